The topological polar surface area (TPSA) is 66.4 Å². The van der Waals surface area contributed by atoms with Gasteiger partial charge in [-0.25, -0.2) is 0 Å². The van der Waals surface area contributed by atoms with Crippen molar-refractivity contribution in [3.8, 4) is 0 Å². The van der Waals surface area contributed by atoms with Gasteiger partial charge in [-0.2, -0.15) is 8.78 Å². The molecule has 0 aromatic heterocycles. The Morgan fingerprint density at radius 1 is 1.08 bits per heavy atom. The van der Waals surface area contributed by atoms with Gasteiger partial charge in [0.25, 0.3) is 0 Å². The number of carboxylic acid groups (broad SMARTS) is 1. The smallest absolute Gasteiger partial charge is 0.544 e. The first-order valence-corrected chi connectivity index (χ1v) is 8.44. The number of carboxylic acids is 1. The molecule has 0 N–H and O–H groups in total. The Balaban J connectivity index is 0.00000208. The molecule has 4 aliphatic rings. The molecule has 4 bridgehead atoms. The van der Waals surface area contributed by atoms with Gasteiger partial charge in [-0.3, -0.25) is 4.79 Å². The molecule has 4 fully saturated rings. The molecule has 4 aliphatic carbocycles. The second-order valence-corrected chi connectivity index (χ2v) is 8.18. The third kappa shape index (κ3) is 3.38. The minimum atomic E-state index is -4.17. The molecule has 130 valence electrons. The van der Waals surface area contributed by atoms with Crippen LogP contribution in [0.5, 0.6) is 0 Å². The van der Waals surface area contributed by atoms with Crippen molar-refractivity contribution in [2.75, 3.05) is 0 Å². The van der Waals surface area contributed by atoms with Crippen molar-refractivity contribution in [1.82, 2.24) is 0 Å². The molecule has 4 rings (SSSR count). The minimum Gasteiger partial charge on any atom is -0.544 e. The Bertz CT molecular complexity index is 485. The summed E-state index contributed by atoms with van der Waals surface area (Å²) in [6, 6.07) is 0. The SMILES string of the molecule is CC(C)C(OC(=O)C12CC3CC(CC(C3)C1)C2)C(F)(F)C(=O)[O-].[Na+]. The number of hydrogen-bond donors (Lipinski definition) is 0. The molecule has 0 spiro atoms. The quantitative estimate of drug-likeness (QED) is 0.478. The molecular formula is C17H23F2NaO4. The molecule has 0 aliphatic heterocycles. The van der Waals surface area contributed by atoms with E-state index in [9.17, 15) is 23.5 Å². The Morgan fingerprint density at radius 3 is 1.83 bits per heavy atom. The molecule has 24 heavy (non-hydrogen) atoms. The summed E-state index contributed by atoms with van der Waals surface area (Å²) in [6.07, 6.45) is 3.46. The van der Waals surface area contributed by atoms with E-state index < -0.39 is 35.3 Å². The van der Waals surface area contributed by atoms with Crippen LogP contribution >= 0.6 is 0 Å². The van der Waals surface area contributed by atoms with E-state index in [0.717, 1.165) is 19.3 Å². The summed E-state index contributed by atoms with van der Waals surface area (Å²) in [5.41, 5.74) is -0.677. The molecule has 0 heterocycles. The maximum absolute atomic E-state index is 13.9. The van der Waals surface area contributed by atoms with Gasteiger partial charge in [-0.05, 0) is 62.2 Å². The van der Waals surface area contributed by atoms with Gasteiger partial charge < -0.3 is 14.6 Å². The van der Waals surface area contributed by atoms with Gasteiger partial charge in [0.2, 0.25) is 0 Å². The van der Waals surface area contributed by atoms with Crippen molar-refractivity contribution in [3.63, 3.8) is 0 Å². The number of carbonyl (C=O) groups excluding carboxylic acids is 2. The van der Waals surface area contributed by atoms with Gasteiger partial charge in [0.15, 0.2) is 6.10 Å². The number of halogens is 2. The Labute approximate surface area is 163 Å². The van der Waals surface area contributed by atoms with Crippen LogP contribution in [0, 0.1) is 29.1 Å². The number of aliphatic carboxylic acids is 1. The first-order chi connectivity index (χ1) is 10.6. The predicted octanol–water partition coefficient (Wildman–Crippen LogP) is -0.840. The Kier molecular flexibility index (Phi) is 5.73. The van der Waals surface area contributed by atoms with Crippen LogP contribution in [0.25, 0.3) is 0 Å². The summed E-state index contributed by atoms with van der Waals surface area (Å²) in [5, 5.41) is 10.7. The zero-order valence-corrected chi connectivity index (χ0v) is 16.5. The number of esters is 1. The molecule has 1 atom stereocenters. The Morgan fingerprint density at radius 2 is 1.50 bits per heavy atom. The van der Waals surface area contributed by atoms with E-state index in [1.165, 1.54) is 13.8 Å². The molecular weight excluding hydrogens is 329 g/mol. The van der Waals surface area contributed by atoms with E-state index in [1.54, 1.807) is 0 Å². The summed E-state index contributed by atoms with van der Waals surface area (Å²) in [4.78, 5) is 23.5. The van der Waals surface area contributed by atoms with Crippen LogP contribution in [-0.4, -0.2) is 24.0 Å². The fourth-order valence-corrected chi connectivity index (χ4v) is 5.35. The standard InChI is InChI=1S/C17H24F2O4.Na/c1-9(2)13(17(18,19)14(20)21)23-15(22)16-6-10-3-11(7-16)5-12(4-10)8-16;/h9-13H,3-8H2,1-2H3,(H,20,21);/q;+1/p-1. The second-order valence-electron chi connectivity index (χ2n) is 8.18. The Hall–Kier alpha value is -0.200. The summed E-state index contributed by atoms with van der Waals surface area (Å²) < 4.78 is 32.8. The van der Waals surface area contributed by atoms with E-state index in [2.05, 4.69) is 0 Å². The summed E-state index contributed by atoms with van der Waals surface area (Å²) in [5.74, 6) is -6.66. The van der Waals surface area contributed by atoms with Crippen LogP contribution in [0.2, 0.25) is 0 Å². The van der Waals surface area contributed by atoms with Gasteiger partial charge in [0.05, 0.1) is 5.41 Å². The average molecular weight is 352 g/mol. The molecule has 4 nitrogen and oxygen atoms in total. The van der Waals surface area contributed by atoms with Crippen molar-refractivity contribution in [2.24, 2.45) is 29.1 Å². The molecule has 7 heteroatoms. The summed E-state index contributed by atoms with van der Waals surface area (Å²) in [7, 11) is 0. The van der Waals surface area contributed by atoms with Crippen LogP contribution in [-0.2, 0) is 14.3 Å². The van der Waals surface area contributed by atoms with Gasteiger partial charge in [0.1, 0.15) is 5.97 Å². The van der Waals surface area contributed by atoms with E-state index in [-0.39, 0.29) is 29.6 Å². The zero-order chi connectivity index (χ0) is 17.0. The largest absolute Gasteiger partial charge is 1.00 e. The fourth-order valence-electron chi connectivity index (χ4n) is 5.35. The second kappa shape index (κ2) is 6.84. The van der Waals surface area contributed by atoms with Gasteiger partial charge in [0, 0.05) is 0 Å². The van der Waals surface area contributed by atoms with Crippen LogP contribution < -0.4 is 34.7 Å². The third-order valence-electron chi connectivity index (χ3n) is 5.94. The van der Waals surface area contributed by atoms with E-state index >= 15 is 0 Å². The number of ether oxygens (including phenoxy) is 1. The first-order valence-electron chi connectivity index (χ1n) is 8.44. The van der Waals surface area contributed by atoms with Crippen molar-refractivity contribution < 1.29 is 57.8 Å². The van der Waals surface area contributed by atoms with Crippen molar-refractivity contribution in [2.45, 2.75) is 64.4 Å². The van der Waals surface area contributed by atoms with Gasteiger partial charge in [-0.15, -0.1) is 0 Å². The molecule has 4 saturated carbocycles. The summed E-state index contributed by atoms with van der Waals surface area (Å²) >= 11 is 0. The molecule has 0 aromatic rings. The third-order valence-corrected chi connectivity index (χ3v) is 5.94. The maximum Gasteiger partial charge on any atom is 1.00 e. The van der Waals surface area contributed by atoms with E-state index in [0.29, 0.717) is 37.0 Å². The number of hydrogen-bond acceptors (Lipinski definition) is 4. The average Bonchev–Trinajstić information content (AvgIpc) is 2.42. The minimum absolute atomic E-state index is 0. The first kappa shape index (κ1) is 20.1. The van der Waals surface area contributed by atoms with Crippen LogP contribution in [0.3, 0.4) is 0 Å². The van der Waals surface area contributed by atoms with E-state index in [1.807, 2.05) is 0 Å². The van der Waals surface area contributed by atoms with Crippen molar-refractivity contribution >= 4 is 11.9 Å². The van der Waals surface area contributed by atoms with Crippen LogP contribution in [0.4, 0.5) is 8.78 Å². The maximum atomic E-state index is 13.9. The molecule has 0 radical (unpaired) electrons. The monoisotopic (exact) mass is 352 g/mol. The molecule has 0 amide bonds. The molecule has 1 unspecified atom stereocenters. The fraction of sp³-hybridized carbons (Fsp3) is 0.882. The molecule has 0 aromatic carbocycles. The normalized spacial score (nSPS) is 35.5. The van der Waals surface area contributed by atoms with E-state index in [4.69, 9.17) is 4.74 Å². The van der Waals surface area contributed by atoms with Gasteiger partial charge >= 0.3 is 41.4 Å². The van der Waals surface area contributed by atoms with Gasteiger partial charge in [-0.1, -0.05) is 13.8 Å². The van der Waals surface area contributed by atoms with Crippen LogP contribution in [0.1, 0.15) is 52.4 Å². The van der Waals surface area contributed by atoms with Crippen molar-refractivity contribution in [3.05, 3.63) is 0 Å². The summed E-state index contributed by atoms with van der Waals surface area (Å²) in [6.45, 7) is 2.85. The zero-order valence-electron chi connectivity index (χ0n) is 14.5. The molecule has 0 saturated heterocycles. The predicted molar refractivity (Wildman–Crippen MR) is 75.3 cm³/mol. The van der Waals surface area contributed by atoms with Crippen LogP contribution in [0.15, 0.2) is 0 Å². The number of alkyl halides is 2. The number of rotatable bonds is 5. The number of carbonyl (C=O) groups is 2. The van der Waals surface area contributed by atoms with Crippen molar-refractivity contribution in [1.29, 1.82) is 0 Å².